The van der Waals surface area contributed by atoms with Crippen LogP contribution in [0.1, 0.15) is 116 Å². The number of unbranched alkanes of at least 4 members (excludes halogenated alkanes) is 12. The summed E-state index contributed by atoms with van der Waals surface area (Å²) >= 11 is 1.13. The van der Waals surface area contributed by atoms with Crippen molar-refractivity contribution < 1.29 is 85.3 Å². The quantitative estimate of drug-likeness (QED) is 0.0367. The van der Waals surface area contributed by atoms with E-state index in [-0.39, 0.29) is 41.6 Å². The lowest BCUT2D eigenvalue weighted by Gasteiger charge is -2.36. The molecule has 2 aromatic heterocycles. The summed E-state index contributed by atoms with van der Waals surface area (Å²) in [6.45, 7) is 0.136. The Labute approximate surface area is 386 Å². The van der Waals surface area contributed by atoms with Gasteiger partial charge in [0.2, 0.25) is 11.8 Å². The number of thioether (sulfide) groups is 1. The van der Waals surface area contributed by atoms with E-state index < -0.39 is 84.6 Å². The van der Waals surface area contributed by atoms with Gasteiger partial charge in [0.1, 0.15) is 42.5 Å². The molecule has 7 atom stereocenters. The maximum atomic E-state index is 12.6. The Bertz CT molecular complexity index is 2010. The van der Waals surface area contributed by atoms with Gasteiger partial charge >= 0.3 is 0 Å². The van der Waals surface area contributed by atoms with Crippen LogP contribution in [0.3, 0.4) is 0 Å². The normalized spacial score (nSPS) is 20.1. The maximum Gasteiger partial charge on any atom is 0.274 e. The fourth-order valence-electron chi connectivity index (χ4n) is 6.61. The molecule has 66 heavy (non-hydrogen) atoms. The zero-order chi connectivity index (χ0) is 49.0. The molecule has 25 nitrogen and oxygen atoms in total. The van der Waals surface area contributed by atoms with Crippen LogP contribution in [0.25, 0.3) is 11.2 Å². The Morgan fingerprint density at radius 1 is 0.909 bits per heavy atom. The molecule has 0 aromatic carbocycles. The fourth-order valence-corrected chi connectivity index (χ4v) is 10.1. The monoisotopic (exact) mass is 1020 g/mol. The third-order valence-electron chi connectivity index (χ3n) is 10.2. The summed E-state index contributed by atoms with van der Waals surface area (Å²) in [5.41, 5.74) is 4.08. The van der Waals surface area contributed by atoms with Crippen molar-refractivity contribution in [1.82, 2.24) is 30.2 Å². The van der Waals surface area contributed by atoms with Gasteiger partial charge < -0.3 is 73.8 Å². The second-order valence-electron chi connectivity index (χ2n) is 16.2. The molecule has 0 bridgehead atoms. The number of aldehydes is 1. The molecular formula is C37H60N7O18P3S-4. The van der Waals surface area contributed by atoms with Crippen molar-refractivity contribution in [2.24, 2.45) is 5.41 Å². The van der Waals surface area contributed by atoms with E-state index in [4.69, 9.17) is 10.5 Å². The smallest absolute Gasteiger partial charge is 0.274 e. The molecule has 3 heterocycles. The number of amides is 2. The van der Waals surface area contributed by atoms with Crippen LogP contribution in [-0.2, 0) is 55.5 Å². The van der Waals surface area contributed by atoms with Gasteiger partial charge in [-0.15, -0.1) is 0 Å². The summed E-state index contributed by atoms with van der Waals surface area (Å²) in [4.78, 5) is 107. The first kappa shape index (κ1) is 57.5. The first-order valence-electron chi connectivity index (χ1n) is 21.5. The third kappa shape index (κ3) is 20.8. The second-order valence-corrected chi connectivity index (χ2v) is 21.4. The lowest BCUT2D eigenvalue weighted by molar-refractivity contribution is -0.347. The number of imidazole rings is 1. The number of anilines is 1. The Balaban J connectivity index is 1.31. The molecule has 0 spiro atoms. The van der Waals surface area contributed by atoms with Crippen LogP contribution in [0, 0.1) is 5.41 Å². The van der Waals surface area contributed by atoms with Crippen LogP contribution in [-0.4, -0.2) is 109 Å². The van der Waals surface area contributed by atoms with E-state index in [2.05, 4.69) is 43.5 Å². The number of ether oxygens (including phenoxy) is 1. The van der Waals surface area contributed by atoms with Crippen LogP contribution in [0.5, 0.6) is 0 Å². The van der Waals surface area contributed by atoms with Crippen LogP contribution < -0.4 is 35.9 Å². The number of carbonyl (C=O) groups excluding carboxylic acids is 4. The number of rotatable bonds is 34. The molecule has 1 aliphatic heterocycles. The highest BCUT2D eigenvalue weighted by molar-refractivity contribution is 8.13. The molecule has 1 fully saturated rings. The van der Waals surface area contributed by atoms with Crippen molar-refractivity contribution in [3.05, 3.63) is 12.7 Å². The molecule has 0 saturated carbocycles. The number of aromatic nitrogens is 4. The molecule has 376 valence electrons. The Hall–Kier alpha value is -2.77. The lowest BCUT2D eigenvalue weighted by atomic mass is 9.87. The molecule has 1 saturated heterocycles. The summed E-state index contributed by atoms with van der Waals surface area (Å²) in [6.07, 6.45) is 7.87. The highest BCUT2D eigenvalue weighted by Crippen LogP contribution is 2.56. The molecule has 1 aliphatic rings. The number of hydrogen-bond acceptors (Lipinski definition) is 23. The van der Waals surface area contributed by atoms with Gasteiger partial charge in [0, 0.05) is 43.5 Å². The van der Waals surface area contributed by atoms with E-state index in [1.807, 2.05) is 0 Å². The van der Waals surface area contributed by atoms with E-state index in [1.54, 1.807) is 0 Å². The SMILES string of the molecule is CC(C)(COP(=O)([O-])OP(=O)([O-])OC[C@H]1O[C@@H](n2cnc3c(N)ncnc32)[C@H](O)[C@@H]1OP(=O)([O-])[O-])[C@@H](O)C(=O)NCCC(=O)NCCSC(=O)CCCCCCCCCCCCCCC=O. The maximum absolute atomic E-state index is 12.6. The molecule has 2 unspecified atom stereocenters. The van der Waals surface area contributed by atoms with E-state index >= 15 is 0 Å². The first-order valence-corrected chi connectivity index (χ1v) is 26.8. The molecule has 6 N–H and O–H groups in total. The minimum atomic E-state index is -5.92. The Morgan fingerprint density at radius 2 is 1.52 bits per heavy atom. The van der Waals surface area contributed by atoms with Gasteiger partial charge in [-0.3, -0.25) is 28.1 Å². The van der Waals surface area contributed by atoms with E-state index in [0.29, 0.717) is 18.6 Å². The van der Waals surface area contributed by atoms with Crippen LogP contribution >= 0.6 is 35.2 Å². The summed E-state index contributed by atoms with van der Waals surface area (Å²) in [5, 5.41) is 26.4. The number of fused-ring (bicyclic) bond motifs is 1. The van der Waals surface area contributed by atoms with Crippen molar-refractivity contribution in [1.29, 1.82) is 0 Å². The average molecular weight is 1020 g/mol. The summed E-state index contributed by atoms with van der Waals surface area (Å²) < 4.78 is 60.8. The Kier molecular flexibility index (Phi) is 24.4. The molecule has 29 heteroatoms. The summed E-state index contributed by atoms with van der Waals surface area (Å²) in [6, 6.07) is 0. The number of nitrogens with one attached hydrogen (secondary N) is 2. The van der Waals surface area contributed by atoms with Gasteiger partial charge in [0.15, 0.2) is 22.8 Å². The highest BCUT2D eigenvalue weighted by Gasteiger charge is 2.47. The molecule has 0 radical (unpaired) electrons. The predicted octanol–water partition coefficient (Wildman–Crippen LogP) is 0.797. The van der Waals surface area contributed by atoms with E-state index in [1.165, 1.54) is 52.4 Å². The number of carbonyl (C=O) groups is 4. The van der Waals surface area contributed by atoms with Gasteiger partial charge in [-0.2, -0.15) is 0 Å². The van der Waals surface area contributed by atoms with Crippen molar-refractivity contribution in [3.8, 4) is 0 Å². The second kappa shape index (κ2) is 28.0. The number of phosphoric acid groups is 3. The molecule has 2 aromatic rings. The van der Waals surface area contributed by atoms with E-state index in [9.17, 15) is 62.7 Å². The van der Waals surface area contributed by atoms with Crippen molar-refractivity contribution in [2.75, 3.05) is 37.8 Å². The van der Waals surface area contributed by atoms with Crippen molar-refractivity contribution in [2.45, 2.75) is 141 Å². The van der Waals surface area contributed by atoms with Gasteiger partial charge in [-0.25, -0.2) is 19.3 Å². The zero-order valence-electron chi connectivity index (χ0n) is 36.8. The first-order chi connectivity index (χ1) is 31.1. The number of nitrogens with two attached hydrogens (primary N) is 1. The zero-order valence-corrected chi connectivity index (χ0v) is 40.3. The number of hydrogen-bond donors (Lipinski definition) is 5. The fraction of sp³-hybridized carbons (Fsp3) is 0.757. The summed E-state index contributed by atoms with van der Waals surface area (Å²) in [7, 11) is -17.6. The number of nitrogen functional groups attached to an aromatic ring is 1. The summed E-state index contributed by atoms with van der Waals surface area (Å²) in [5.74, 6) is -1.16. The highest BCUT2D eigenvalue weighted by atomic mass is 32.2. The standard InChI is InChI=1S/C37H64N7O18P3S/c1-37(2,32(49)35(50)40-18-17-27(46)39-19-21-66-28(47)16-14-12-10-8-6-4-3-5-7-9-11-13-15-20-45)23-59-65(56,57)62-64(54,55)58-22-26-31(61-63(51,52)53)30(48)36(60-26)44-25-43-29-33(38)41-24-42-34(29)44/h20,24-26,30-32,36,48-49H,3-19,21-23H2,1-2H3,(H,39,46)(H,40,50)(H,54,55)(H,56,57)(H2,38,41,42)(H2,51,52,53)/p-4/t26-,30-,31-,32+,36-/m1/s1. The predicted molar refractivity (Wildman–Crippen MR) is 229 cm³/mol. The average Bonchev–Trinajstić information content (AvgIpc) is 3.80. The minimum absolute atomic E-state index is 0.0214. The molecule has 0 aliphatic carbocycles. The molecule has 2 amide bonds. The molecule has 3 rings (SSSR count). The number of aliphatic hydroxyl groups excluding tert-OH is 2. The van der Waals surface area contributed by atoms with Gasteiger partial charge in [-0.05, 0) is 12.8 Å². The van der Waals surface area contributed by atoms with Crippen molar-refractivity contribution in [3.63, 3.8) is 0 Å². The minimum Gasteiger partial charge on any atom is -0.790 e. The van der Waals surface area contributed by atoms with E-state index in [0.717, 1.165) is 73.8 Å². The van der Waals surface area contributed by atoms with Crippen LogP contribution in [0.4, 0.5) is 5.82 Å². The van der Waals surface area contributed by atoms with Gasteiger partial charge in [-0.1, -0.05) is 89.8 Å². The number of nitrogens with zero attached hydrogens (tertiary/aromatic N) is 4. The lowest BCUT2D eigenvalue weighted by Crippen LogP contribution is -2.46. The topological polar surface area (TPSA) is 392 Å². The number of aliphatic hydroxyl groups is 2. The van der Waals surface area contributed by atoms with Crippen molar-refractivity contribution >= 4 is 75.4 Å². The van der Waals surface area contributed by atoms with Crippen LogP contribution in [0.2, 0.25) is 0 Å². The van der Waals surface area contributed by atoms with Crippen LogP contribution in [0.15, 0.2) is 12.7 Å². The van der Waals surface area contributed by atoms with Gasteiger partial charge in [0.25, 0.3) is 15.6 Å². The third-order valence-corrected chi connectivity index (χ3v) is 14.1. The molecular weight excluding hydrogens is 955 g/mol. The Morgan fingerprint density at radius 3 is 2.14 bits per heavy atom. The largest absolute Gasteiger partial charge is 0.790 e. The van der Waals surface area contributed by atoms with Gasteiger partial charge in [0.05, 0.1) is 27.4 Å². The number of phosphoric ester groups is 3.